The van der Waals surface area contributed by atoms with Crippen molar-refractivity contribution in [1.82, 2.24) is 39.9 Å². The van der Waals surface area contributed by atoms with Crippen molar-refractivity contribution in [2.75, 3.05) is 56.0 Å². The first-order chi connectivity index (χ1) is 65.7. The summed E-state index contributed by atoms with van der Waals surface area (Å²) in [6.07, 6.45) is 14.2. The average molecular weight is 1770 g/mol. The summed E-state index contributed by atoms with van der Waals surface area (Å²) in [5.41, 5.74) is 25.5. The first kappa shape index (κ1) is 79.9. The highest BCUT2D eigenvalue weighted by Gasteiger charge is 2.44. The molecule has 13 aromatic heterocycles. The molecule has 0 saturated heterocycles. The van der Waals surface area contributed by atoms with Crippen LogP contribution in [0.2, 0.25) is 0 Å². The van der Waals surface area contributed by atoms with Crippen molar-refractivity contribution in [2.24, 2.45) is 0 Å². The fourth-order valence-corrected chi connectivity index (χ4v) is 20.9. The minimum Gasteiger partial charge on any atom is -0.435 e. The Morgan fingerprint density at radius 3 is 0.722 bits per heavy atom. The standard InChI is InChI=1S/2C23H23N3O.2C22H22N4O.C20H18N4O/c2*1-14(2)25-16(4)26(20-10-6-5-9-19(20)25)21-15(3)11-12-17-18-8-7-13-24-23(18)27-22(17)21;2*1-13(2)25-15(4)26(21-18(25)8-6-11-23-21)19-14(3)9-10-16-17-7-5-12-24-22(17)27-20(16)19;1-12-8-9-14-15-6-4-11-22-20(15)25-18(14)17(12)24-13(2)23(3)16-7-5-10-21-19(16)24/h2*5-14,16H,1-4H3;2*5-13,15H,1-4H3;4-11,13H,1-3H3/i2*14D;2*13D;. The number of furan rings is 5. The number of pyridine rings is 8. The van der Waals surface area contributed by atoms with Gasteiger partial charge < -0.3 is 71.1 Å². The van der Waals surface area contributed by atoms with Gasteiger partial charge >= 0.3 is 0 Å². The number of benzene rings is 7. The zero-order chi connectivity index (χ0) is 95.6. The van der Waals surface area contributed by atoms with Gasteiger partial charge in [0.25, 0.3) is 0 Å². The zero-order valence-electron chi connectivity index (χ0n) is 82.2. The molecule has 668 valence electrons. The smallest absolute Gasteiger partial charge is 0.227 e. The number of nitrogens with zero attached hydrogens (tertiary/aromatic N) is 18. The van der Waals surface area contributed by atoms with Gasteiger partial charge in [-0.2, -0.15) is 0 Å². The summed E-state index contributed by atoms with van der Waals surface area (Å²) < 4.78 is 65.9. The van der Waals surface area contributed by atoms with Crippen molar-refractivity contribution >= 4 is 196 Å². The lowest BCUT2D eigenvalue weighted by molar-refractivity contribution is 0.601. The molecule has 23 nitrogen and oxygen atoms in total. The molecule has 25 rings (SSSR count). The van der Waals surface area contributed by atoms with Gasteiger partial charge in [0.1, 0.15) is 30.8 Å². The molecule has 0 spiro atoms. The summed E-state index contributed by atoms with van der Waals surface area (Å²) in [5, 5.41) is 10.4. The topological polar surface area (TPSA) is 201 Å². The minimum absolute atomic E-state index is 0.0182. The van der Waals surface area contributed by atoms with Gasteiger partial charge in [0.05, 0.1) is 73.7 Å². The molecule has 5 aliphatic heterocycles. The van der Waals surface area contributed by atoms with Gasteiger partial charge in [-0.1, -0.05) is 84.9 Å². The molecule has 133 heavy (non-hydrogen) atoms. The molecule has 0 amide bonds. The van der Waals surface area contributed by atoms with Crippen LogP contribution in [0.3, 0.4) is 0 Å². The fourth-order valence-electron chi connectivity index (χ4n) is 20.9. The third-order valence-corrected chi connectivity index (χ3v) is 26.7. The zero-order valence-corrected chi connectivity index (χ0v) is 78.2. The lowest BCUT2D eigenvalue weighted by Gasteiger charge is -2.33. The van der Waals surface area contributed by atoms with Gasteiger partial charge in [0.15, 0.2) is 45.4 Å². The van der Waals surface area contributed by atoms with E-state index in [1.807, 2.05) is 159 Å². The molecule has 0 fully saturated rings. The van der Waals surface area contributed by atoms with Crippen molar-refractivity contribution in [1.29, 1.82) is 0 Å². The maximum Gasteiger partial charge on any atom is 0.227 e. The number of aromatic nitrogens is 8. The fraction of sp³-hybridized carbons (Fsp3) is 0.255. The Kier molecular flexibility index (Phi) is 20.0. The monoisotopic (exact) mass is 1760 g/mol. The molecule has 0 radical (unpaired) electrons. The van der Waals surface area contributed by atoms with Gasteiger partial charge in [-0.25, -0.2) is 39.9 Å². The van der Waals surface area contributed by atoms with Crippen LogP contribution in [0.15, 0.2) is 278 Å². The summed E-state index contributed by atoms with van der Waals surface area (Å²) in [7, 11) is 2.10. The maximum atomic E-state index is 8.71. The van der Waals surface area contributed by atoms with E-state index in [1.54, 1.807) is 43.4 Å². The average Bonchev–Trinajstić information content (AvgIpc) is 1.60. The van der Waals surface area contributed by atoms with Crippen LogP contribution in [0.4, 0.5) is 85.7 Å². The van der Waals surface area contributed by atoms with Gasteiger partial charge in [0, 0.05) is 135 Å². The number of anilines is 15. The van der Waals surface area contributed by atoms with Crippen LogP contribution in [0.5, 0.6) is 0 Å². The molecule has 5 atom stereocenters. The Balaban J connectivity index is 0.000000102. The van der Waals surface area contributed by atoms with Crippen molar-refractivity contribution in [3.8, 4) is 0 Å². The largest absolute Gasteiger partial charge is 0.435 e. The molecule has 5 unspecified atom stereocenters. The predicted molar refractivity (Wildman–Crippen MR) is 544 cm³/mol. The summed E-state index contributed by atoms with van der Waals surface area (Å²) in [6, 6.07) is 66.6. The van der Waals surface area contributed by atoms with E-state index in [0.717, 1.165) is 195 Å². The van der Waals surface area contributed by atoms with E-state index in [0.29, 0.717) is 28.6 Å². The molecule has 7 aromatic carbocycles. The number of rotatable bonds is 9. The van der Waals surface area contributed by atoms with Crippen LogP contribution < -0.4 is 49.0 Å². The second-order valence-electron chi connectivity index (χ2n) is 35.7. The van der Waals surface area contributed by atoms with Crippen molar-refractivity contribution in [3.63, 3.8) is 0 Å². The Bertz CT molecular complexity index is 7380. The van der Waals surface area contributed by atoms with E-state index in [4.69, 9.17) is 27.6 Å². The highest BCUT2D eigenvalue weighted by Crippen LogP contribution is 2.55. The van der Waals surface area contributed by atoms with Crippen molar-refractivity contribution in [2.45, 2.75) is 180 Å². The predicted octanol–water partition coefficient (Wildman–Crippen LogP) is 27.4. The van der Waals surface area contributed by atoms with Crippen LogP contribution in [0.25, 0.3) is 110 Å². The van der Waals surface area contributed by atoms with Crippen LogP contribution in [-0.2, 0) is 0 Å². The number of para-hydroxylation sites is 4. The van der Waals surface area contributed by atoms with Crippen molar-refractivity contribution in [3.05, 3.63) is 284 Å². The molecule has 0 saturated carbocycles. The van der Waals surface area contributed by atoms with Crippen LogP contribution in [0, 0.1) is 34.6 Å². The van der Waals surface area contributed by atoms with E-state index in [1.165, 1.54) is 0 Å². The SMILES string of the molecule is Cc1ccc2c(oc3ncccc32)c1N1c2ncccc2N(C)C1C.[2H]C(C)(C)N1c2ccccc2N(c2c(C)ccc3c2oc2ncccc23)C1C.[2H]C(C)(C)N1c2ccccc2N(c2c(C)ccc3c2oc2ncccc23)C1C.[2H]C(C)(C)N1c2cccnc2N(c2c(C)ccc3c2oc2ncccc23)C1C.[2H]C(C)(C)N1c2cccnc2N(c2c(C)ccc3c2oc2ncccc23)C1C. The van der Waals surface area contributed by atoms with Crippen LogP contribution in [0.1, 0.15) is 123 Å². The maximum absolute atomic E-state index is 8.71. The van der Waals surface area contributed by atoms with Gasteiger partial charge in [-0.3, -0.25) is 0 Å². The molecular formula is C110H108N18O5. The second-order valence-corrected chi connectivity index (χ2v) is 35.7. The summed E-state index contributed by atoms with van der Waals surface area (Å²) in [5.74, 6) is 2.65. The van der Waals surface area contributed by atoms with E-state index in [2.05, 4.69) is 274 Å². The second kappa shape index (κ2) is 33.3. The Hall–Kier alpha value is -15.3. The third kappa shape index (κ3) is 13.6. The molecule has 5 aliphatic rings. The molecule has 23 heteroatoms. The van der Waals surface area contributed by atoms with Gasteiger partial charge in [-0.15, -0.1) is 0 Å². The highest BCUT2D eigenvalue weighted by atomic mass is 16.4. The lowest BCUT2D eigenvalue weighted by atomic mass is 10.1. The van der Waals surface area contributed by atoms with Crippen LogP contribution >= 0.6 is 0 Å². The minimum atomic E-state index is -0.789. The molecular weight excluding hydrogens is 1650 g/mol. The van der Waals surface area contributed by atoms with Gasteiger partial charge in [0.2, 0.25) is 28.6 Å². The Morgan fingerprint density at radius 2 is 0.444 bits per heavy atom. The first-order valence-electron chi connectivity index (χ1n) is 47.4. The van der Waals surface area contributed by atoms with Gasteiger partial charge in [-0.05, 0) is 274 Å². The Morgan fingerprint density at radius 1 is 0.233 bits per heavy atom. The lowest BCUT2D eigenvalue weighted by Crippen LogP contribution is -2.42. The number of hydrogen-bond acceptors (Lipinski definition) is 23. The third-order valence-electron chi connectivity index (χ3n) is 26.7. The van der Waals surface area contributed by atoms with Crippen molar-refractivity contribution < 1.29 is 27.6 Å². The van der Waals surface area contributed by atoms with E-state index >= 15 is 0 Å². The van der Waals surface area contributed by atoms with E-state index in [9.17, 15) is 0 Å². The summed E-state index contributed by atoms with van der Waals surface area (Å²) >= 11 is 0. The molecule has 20 aromatic rings. The quantitative estimate of drug-likeness (QED) is 0.132. The summed E-state index contributed by atoms with van der Waals surface area (Å²) in [6.45, 7) is 36.5. The van der Waals surface area contributed by atoms with E-state index in [-0.39, 0.29) is 30.8 Å². The number of hydrogen-bond donors (Lipinski definition) is 0. The first-order valence-corrected chi connectivity index (χ1v) is 45.4. The number of fused-ring (bicyclic) bond motifs is 20. The van der Waals surface area contributed by atoms with Crippen LogP contribution in [-0.4, -0.2) is 102 Å². The normalized spacial score (nSPS) is 17.5. The molecule has 0 bridgehead atoms. The number of aryl methyl sites for hydroxylation is 5. The highest BCUT2D eigenvalue weighted by molar-refractivity contribution is 6.15. The molecule has 0 aliphatic carbocycles. The Labute approximate surface area is 778 Å². The molecule has 18 heterocycles. The summed E-state index contributed by atoms with van der Waals surface area (Å²) in [4.78, 5) is 57.9. The molecule has 0 N–H and O–H groups in total. The van der Waals surface area contributed by atoms with E-state index < -0.39 is 24.1 Å².